The summed E-state index contributed by atoms with van der Waals surface area (Å²) in [5.74, 6) is -0.805. The van der Waals surface area contributed by atoms with Gasteiger partial charge in [-0.1, -0.05) is 31.3 Å². The molecule has 0 unspecified atom stereocenters. The van der Waals surface area contributed by atoms with Gasteiger partial charge in [-0.2, -0.15) is 0 Å². The molecule has 1 aromatic heterocycles. The zero-order valence-corrected chi connectivity index (χ0v) is 25.0. The van der Waals surface area contributed by atoms with E-state index in [-0.39, 0.29) is 29.6 Å². The third kappa shape index (κ3) is 7.35. The number of carbonyl (C=O) groups excluding carboxylic acids is 4. The first-order valence-electron chi connectivity index (χ1n) is 14.6. The van der Waals surface area contributed by atoms with Crippen molar-refractivity contribution in [2.45, 2.75) is 66.3 Å². The minimum Gasteiger partial charge on any atom is -0.434 e. The number of benzene rings is 3. The van der Waals surface area contributed by atoms with Crippen LogP contribution in [0, 0.1) is 0 Å². The quantitative estimate of drug-likeness (QED) is 0.0302. The van der Waals surface area contributed by atoms with Gasteiger partial charge in [0.1, 0.15) is 11.5 Å². The molecule has 0 aliphatic carbocycles. The summed E-state index contributed by atoms with van der Waals surface area (Å²) in [4.78, 5) is 54.8. The van der Waals surface area contributed by atoms with E-state index < -0.39 is 12.1 Å². The topological polar surface area (TPSA) is 113 Å². The van der Waals surface area contributed by atoms with Crippen LogP contribution in [0.2, 0.25) is 0 Å². The van der Waals surface area contributed by atoms with Crippen molar-refractivity contribution in [3.8, 4) is 5.75 Å². The molecule has 9 heteroatoms. The Labute approximate surface area is 250 Å². The second kappa shape index (κ2) is 14.4. The molecule has 0 aliphatic heterocycles. The standard InChI is InChI=1S/C34H36N2O7/c1-5-8-9-10-11-29(35-43-22(4)37)33(39)25-15-19-31-28(21-25)27-20-24(14-18-30(27)36(31)6-2)32(38)23-12-16-26(17-13-23)42-34(40)41-7-3/h12-21H,5-11H2,1-4H3/b35-29+. The number of aryl methyl sites for hydroxylation is 1. The molecule has 3 aromatic carbocycles. The van der Waals surface area contributed by atoms with E-state index in [1.54, 1.807) is 43.3 Å². The Kier molecular flexibility index (Phi) is 10.4. The van der Waals surface area contributed by atoms with Crippen molar-refractivity contribution in [2.75, 3.05) is 6.61 Å². The first kappa shape index (κ1) is 31.2. The minimum atomic E-state index is -0.807. The number of ketones is 2. The number of carbonyl (C=O) groups is 4. The number of unbranched alkanes of at least 4 members (excludes halogenated alkanes) is 3. The number of nitrogens with zero attached hydrogens (tertiary/aromatic N) is 2. The molecule has 0 bridgehead atoms. The van der Waals surface area contributed by atoms with Gasteiger partial charge in [0, 0.05) is 52.0 Å². The van der Waals surface area contributed by atoms with E-state index in [2.05, 4.69) is 16.6 Å². The Bertz CT molecular complexity index is 1680. The highest BCUT2D eigenvalue weighted by Gasteiger charge is 2.20. The molecule has 1 heterocycles. The molecule has 43 heavy (non-hydrogen) atoms. The number of rotatable bonds is 13. The summed E-state index contributed by atoms with van der Waals surface area (Å²) >= 11 is 0. The van der Waals surface area contributed by atoms with Crippen LogP contribution in [0.4, 0.5) is 4.79 Å². The van der Waals surface area contributed by atoms with Crippen LogP contribution in [0.25, 0.3) is 21.8 Å². The molecule has 0 saturated heterocycles. The van der Waals surface area contributed by atoms with Crippen molar-refractivity contribution in [2.24, 2.45) is 5.16 Å². The first-order chi connectivity index (χ1) is 20.8. The lowest BCUT2D eigenvalue weighted by molar-refractivity contribution is -0.140. The molecule has 0 atom stereocenters. The van der Waals surface area contributed by atoms with Crippen molar-refractivity contribution < 1.29 is 33.5 Å². The van der Waals surface area contributed by atoms with Gasteiger partial charge < -0.3 is 18.9 Å². The maximum Gasteiger partial charge on any atom is 0.513 e. The maximum atomic E-state index is 13.5. The van der Waals surface area contributed by atoms with Crippen molar-refractivity contribution in [3.63, 3.8) is 0 Å². The van der Waals surface area contributed by atoms with Crippen LogP contribution in [0.1, 0.15) is 86.1 Å². The monoisotopic (exact) mass is 584 g/mol. The average Bonchev–Trinajstić information content (AvgIpc) is 3.32. The predicted octanol–water partition coefficient (Wildman–Crippen LogP) is 7.65. The summed E-state index contributed by atoms with van der Waals surface area (Å²) in [6.07, 6.45) is 3.41. The van der Waals surface area contributed by atoms with Crippen LogP contribution >= 0.6 is 0 Å². The molecule has 4 rings (SSSR count). The molecule has 0 saturated carbocycles. The summed E-state index contributed by atoms with van der Waals surface area (Å²) in [7, 11) is 0. The average molecular weight is 585 g/mol. The van der Waals surface area contributed by atoms with Crippen LogP contribution in [0.3, 0.4) is 0 Å². The van der Waals surface area contributed by atoms with Gasteiger partial charge in [-0.25, -0.2) is 9.59 Å². The zero-order chi connectivity index (χ0) is 30.9. The second-order valence-electron chi connectivity index (χ2n) is 10.1. The van der Waals surface area contributed by atoms with Crippen LogP contribution in [0.5, 0.6) is 5.75 Å². The second-order valence-corrected chi connectivity index (χ2v) is 10.1. The summed E-state index contributed by atoms with van der Waals surface area (Å²) in [6.45, 7) is 7.97. The van der Waals surface area contributed by atoms with Gasteiger partial charge in [0.2, 0.25) is 5.78 Å². The Morgan fingerprint density at radius 1 is 0.767 bits per heavy atom. The molecular formula is C34H36N2O7. The number of fused-ring (bicyclic) bond motifs is 3. The number of ether oxygens (including phenoxy) is 2. The third-order valence-electron chi connectivity index (χ3n) is 7.10. The fourth-order valence-corrected chi connectivity index (χ4v) is 5.02. The Balaban J connectivity index is 1.68. The molecule has 0 radical (unpaired) electrons. The fourth-order valence-electron chi connectivity index (χ4n) is 5.02. The van der Waals surface area contributed by atoms with Crippen molar-refractivity contribution >= 4 is 51.2 Å². The van der Waals surface area contributed by atoms with Crippen LogP contribution in [0.15, 0.2) is 65.8 Å². The SMILES string of the molecule is CCCCCC/C(=N\OC(C)=O)C(=O)c1ccc2c(c1)c1cc(C(=O)c3ccc(OC(=O)OCC)cc3)ccc1n2CC. The van der Waals surface area contributed by atoms with Gasteiger partial charge in [-0.3, -0.25) is 9.59 Å². The van der Waals surface area contributed by atoms with Gasteiger partial charge in [0.05, 0.1) is 6.61 Å². The van der Waals surface area contributed by atoms with Gasteiger partial charge in [-0.05, 0) is 87.4 Å². The molecule has 0 N–H and O–H groups in total. The molecular weight excluding hydrogens is 548 g/mol. The van der Waals surface area contributed by atoms with E-state index in [0.29, 0.717) is 29.7 Å². The highest BCUT2D eigenvalue weighted by atomic mass is 16.7. The molecule has 0 fully saturated rings. The van der Waals surface area contributed by atoms with Crippen LogP contribution in [-0.2, 0) is 20.9 Å². The first-order valence-corrected chi connectivity index (χ1v) is 14.6. The molecule has 9 nitrogen and oxygen atoms in total. The lowest BCUT2D eigenvalue weighted by atomic mass is 9.98. The van der Waals surface area contributed by atoms with E-state index >= 15 is 0 Å². The Morgan fingerprint density at radius 3 is 2.00 bits per heavy atom. The molecule has 4 aromatic rings. The van der Waals surface area contributed by atoms with E-state index in [1.807, 2.05) is 31.2 Å². The smallest absolute Gasteiger partial charge is 0.434 e. The largest absolute Gasteiger partial charge is 0.513 e. The lowest BCUT2D eigenvalue weighted by Gasteiger charge is -2.07. The van der Waals surface area contributed by atoms with Crippen molar-refractivity contribution in [1.29, 1.82) is 0 Å². The minimum absolute atomic E-state index is 0.197. The van der Waals surface area contributed by atoms with Gasteiger partial charge in [0.15, 0.2) is 5.78 Å². The third-order valence-corrected chi connectivity index (χ3v) is 7.10. The number of Topliss-reactive ketones (excluding diaryl/α,β-unsaturated/α-hetero) is 1. The summed E-state index contributed by atoms with van der Waals surface area (Å²) in [5.41, 5.74) is 3.41. The fraction of sp³-hybridized carbons (Fsp3) is 0.324. The van der Waals surface area contributed by atoms with E-state index in [0.717, 1.165) is 47.5 Å². The number of aromatic nitrogens is 1. The summed E-state index contributed by atoms with van der Waals surface area (Å²) in [5, 5.41) is 5.56. The number of oxime groups is 1. The molecule has 0 amide bonds. The predicted molar refractivity (Wildman–Crippen MR) is 165 cm³/mol. The van der Waals surface area contributed by atoms with Crippen molar-refractivity contribution in [3.05, 3.63) is 77.4 Å². The summed E-state index contributed by atoms with van der Waals surface area (Å²) in [6, 6.07) is 17.3. The van der Waals surface area contributed by atoms with Gasteiger partial charge in [-0.15, -0.1) is 0 Å². The molecule has 0 spiro atoms. The number of hydrogen-bond donors (Lipinski definition) is 0. The van der Waals surface area contributed by atoms with Crippen LogP contribution < -0.4 is 4.74 Å². The zero-order valence-electron chi connectivity index (χ0n) is 25.0. The Morgan fingerprint density at radius 2 is 1.40 bits per heavy atom. The van der Waals surface area contributed by atoms with E-state index in [9.17, 15) is 19.2 Å². The van der Waals surface area contributed by atoms with E-state index in [4.69, 9.17) is 14.3 Å². The highest BCUT2D eigenvalue weighted by molar-refractivity contribution is 6.46. The van der Waals surface area contributed by atoms with Crippen LogP contribution in [-0.4, -0.2) is 40.6 Å². The highest BCUT2D eigenvalue weighted by Crippen LogP contribution is 2.32. The van der Waals surface area contributed by atoms with Gasteiger partial charge >= 0.3 is 12.1 Å². The van der Waals surface area contributed by atoms with E-state index in [1.165, 1.54) is 6.92 Å². The number of hydrogen-bond acceptors (Lipinski definition) is 8. The van der Waals surface area contributed by atoms with Gasteiger partial charge in [0.25, 0.3) is 0 Å². The molecule has 224 valence electrons. The van der Waals surface area contributed by atoms with Crippen molar-refractivity contribution in [1.82, 2.24) is 4.57 Å². The maximum absolute atomic E-state index is 13.5. The summed E-state index contributed by atoms with van der Waals surface area (Å²) < 4.78 is 12.0. The Hall–Kier alpha value is -4.79. The lowest BCUT2D eigenvalue weighted by Crippen LogP contribution is -2.16. The molecule has 0 aliphatic rings. The normalized spacial score (nSPS) is 11.5.